The number of nitrogens with one attached hydrogen (secondary N) is 2. The van der Waals surface area contributed by atoms with Gasteiger partial charge in [0.1, 0.15) is 12.4 Å². The Balaban J connectivity index is 0.918. The molecule has 4 heterocycles. The Morgan fingerprint density at radius 2 is 1.47 bits per heavy atom. The van der Waals surface area contributed by atoms with E-state index >= 15 is 0 Å². The Kier molecular flexibility index (Phi) is 11.4. The van der Waals surface area contributed by atoms with Crippen LogP contribution < -0.4 is 15.4 Å². The summed E-state index contributed by atoms with van der Waals surface area (Å²) >= 11 is 0. The van der Waals surface area contributed by atoms with Crippen molar-refractivity contribution in [3.8, 4) is 22.6 Å². The number of anilines is 2. The maximum absolute atomic E-state index is 12.9. The number of hydrogen-bond acceptors (Lipinski definition) is 10. The number of likely N-dealkylation sites (tertiary alicyclic amines) is 2. The summed E-state index contributed by atoms with van der Waals surface area (Å²) in [6.45, 7) is 4.34. The fourth-order valence-electron chi connectivity index (χ4n) is 6.20. The van der Waals surface area contributed by atoms with Crippen LogP contribution in [0, 0.1) is 11.8 Å². The first-order chi connectivity index (χ1) is 24.0. The molecule has 2 aliphatic rings. The van der Waals surface area contributed by atoms with Gasteiger partial charge < -0.3 is 35.0 Å². The SMILES string of the molecule is O=C(COc1cccc(-c2cccc(COC(=O)N3CCC(CNc4ccncc4O)CC3)c2)c1)N1CCC(CNc2ncccn2)CC1. The van der Waals surface area contributed by atoms with Gasteiger partial charge in [0.15, 0.2) is 12.4 Å². The largest absolute Gasteiger partial charge is 0.504 e. The molecule has 2 fully saturated rings. The summed E-state index contributed by atoms with van der Waals surface area (Å²) < 4.78 is 11.6. The van der Waals surface area contributed by atoms with E-state index in [9.17, 15) is 14.7 Å². The monoisotopic (exact) mass is 665 g/mol. The van der Waals surface area contributed by atoms with Crippen molar-refractivity contribution in [2.24, 2.45) is 11.8 Å². The van der Waals surface area contributed by atoms with Gasteiger partial charge in [-0.25, -0.2) is 14.8 Å². The standard InChI is InChI=1S/C37H43N7O5/c45-34-24-38-15-8-33(34)41-22-27-11-18-44(19-12-27)37(47)49-25-29-4-1-5-30(20-29)31-6-2-7-32(21-31)48-26-35(46)43-16-9-28(10-17-43)23-42-36-39-13-3-14-40-36/h1-8,13-15,20-21,24,27-28,45H,9-12,16-19,22-23,25-26H2,(H,38,41)(H,39,40,42). The summed E-state index contributed by atoms with van der Waals surface area (Å²) in [5.74, 6) is 2.23. The second kappa shape index (κ2) is 16.6. The second-order valence-corrected chi connectivity index (χ2v) is 12.6. The zero-order valence-corrected chi connectivity index (χ0v) is 27.5. The van der Waals surface area contributed by atoms with Crippen LogP contribution in [0.2, 0.25) is 0 Å². The molecule has 2 aliphatic heterocycles. The number of pyridine rings is 1. The topological polar surface area (TPSA) is 142 Å². The van der Waals surface area contributed by atoms with Crippen molar-refractivity contribution in [3.05, 3.63) is 91.0 Å². The fraction of sp³-hybridized carbons (Fsp3) is 0.378. The highest BCUT2D eigenvalue weighted by Crippen LogP contribution is 2.27. The molecule has 2 amide bonds. The molecule has 0 atom stereocenters. The third-order valence-corrected chi connectivity index (χ3v) is 9.15. The number of benzene rings is 2. The number of hydrogen-bond donors (Lipinski definition) is 3. The molecule has 0 bridgehead atoms. The number of ether oxygens (including phenoxy) is 2. The molecule has 0 saturated carbocycles. The number of nitrogens with zero attached hydrogens (tertiary/aromatic N) is 5. The van der Waals surface area contributed by atoms with Crippen LogP contribution in [-0.4, -0.2) is 87.7 Å². The van der Waals surface area contributed by atoms with E-state index in [2.05, 4.69) is 25.6 Å². The Hall–Kier alpha value is -5.39. The first-order valence-electron chi connectivity index (χ1n) is 16.9. The molecule has 0 aliphatic carbocycles. The molecule has 3 N–H and O–H groups in total. The Morgan fingerprint density at radius 3 is 2.20 bits per heavy atom. The molecule has 6 rings (SSSR count). The maximum Gasteiger partial charge on any atom is 0.410 e. The Labute approximate surface area is 286 Å². The van der Waals surface area contributed by atoms with E-state index in [-0.39, 0.29) is 31.0 Å². The fourth-order valence-corrected chi connectivity index (χ4v) is 6.20. The number of aromatic nitrogens is 3. The van der Waals surface area contributed by atoms with E-state index in [1.54, 1.807) is 35.6 Å². The lowest BCUT2D eigenvalue weighted by atomic mass is 9.97. The third-order valence-electron chi connectivity index (χ3n) is 9.15. The number of aromatic hydroxyl groups is 1. The van der Waals surface area contributed by atoms with E-state index in [1.165, 1.54) is 6.20 Å². The quantitative estimate of drug-likeness (QED) is 0.179. The van der Waals surface area contributed by atoms with E-state index in [4.69, 9.17) is 9.47 Å². The molecule has 0 radical (unpaired) electrons. The van der Waals surface area contributed by atoms with Gasteiger partial charge in [-0.15, -0.1) is 0 Å². The highest BCUT2D eigenvalue weighted by molar-refractivity contribution is 5.78. The average Bonchev–Trinajstić information content (AvgIpc) is 3.16. The second-order valence-electron chi connectivity index (χ2n) is 12.6. The number of carbonyl (C=O) groups is 2. The van der Waals surface area contributed by atoms with E-state index in [0.29, 0.717) is 55.4 Å². The van der Waals surface area contributed by atoms with Gasteiger partial charge in [-0.3, -0.25) is 9.78 Å². The lowest BCUT2D eigenvalue weighted by Gasteiger charge is -2.32. The van der Waals surface area contributed by atoms with Gasteiger partial charge in [0.2, 0.25) is 5.95 Å². The summed E-state index contributed by atoms with van der Waals surface area (Å²) in [5.41, 5.74) is 3.47. The molecular formula is C37H43N7O5. The van der Waals surface area contributed by atoms with Gasteiger partial charge in [0, 0.05) is 57.9 Å². The zero-order chi connectivity index (χ0) is 33.8. The summed E-state index contributed by atoms with van der Waals surface area (Å²) in [6, 6.07) is 19.1. The lowest BCUT2D eigenvalue weighted by Crippen LogP contribution is -2.42. The molecule has 49 heavy (non-hydrogen) atoms. The van der Waals surface area contributed by atoms with Crippen LogP contribution in [0.4, 0.5) is 16.4 Å². The van der Waals surface area contributed by atoms with Crippen molar-refractivity contribution in [1.82, 2.24) is 24.8 Å². The molecule has 2 aromatic carbocycles. The Morgan fingerprint density at radius 1 is 0.796 bits per heavy atom. The van der Waals surface area contributed by atoms with E-state index in [0.717, 1.165) is 55.5 Å². The van der Waals surface area contributed by atoms with Gasteiger partial charge in [-0.2, -0.15) is 0 Å². The van der Waals surface area contributed by atoms with Crippen molar-refractivity contribution < 1.29 is 24.2 Å². The number of amides is 2. The van der Waals surface area contributed by atoms with Crippen molar-refractivity contribution in [1.29, 1.82) is 0 Å². The molecular weight excluding hydrogens is 622 g/mol. The average molecular weight is 666 g/mol. The van der Waals surface area contributed by atoms with Crippen molar-refractivity contribution in [2.45, 2.75) is 32.3 Å². The molecule has 4 aromatic rings. The van der Waals surface area contributed by atoms with Gasteiger partial charge in [-0.05, 0) is 84.5 Å². The minimum atomic E-state index is -0.314. The van der Waals surface area contributed by atoms with Crippen molar-refractivity contribution in [2.75, 3.05) is 56.5 Å². The molecule has 0 unspecified atom stereocenters. The van der Waals surface area contributed by atoms with Crippen LogP contribution in [0.5, 0.6) is 11.5 Å². The van der Waals surface area contributed by atoms with Crippen LogP contribution >= 0.6 is 0 Å². The first-order valence-corrected chi connectivity index (χ1v) is 16.9. The van der Waals surface area contributed by atoms with Crippen molar-refractivity contribution >= 4 is 23.6 Å². The zero-order valence-electron chi connectivity index (χ0n) is 27.5. The predicted octanol–water partition coefficient (Wildman–Crippen LogP) is 5.43. The summed E-state index contributed by atoms with van der Waals surface area (Å²) in [4.78, 5) is 41.7. The summed E-state index contributed by atoms with van der Waals surface area (Å²) in [5, 5.41) is 16.5. The molecule has 256 valence electrons. The summed E-state index contributed by atoms with van der Waals surface area (Å²) in [7, 11) is 0. The highest BCUT2D eigenvalue weighted by Gasteiger charge is 2.25. The normalized spacial score (nSPS) is 15.4. The highest BCUT2D eigenvalue weighted by atomic mass is 16.6. The summed E-state index contributed by atoms with van der Waals surface area (Å²) in [6.07, 6.45) is 9.73. The molecule has 0 spiro atoms. The predicted molar refractivity (Wildman–Crippen MR) is 186 cm³/mol. The Bertz CT molecular complexity index is 1670. The van der Waals surface area contributed by atoms with Gasteiger partial charge in [0.05, 0.1) is 11.9 Å². The van der Waals surface area contributed by atoms with E-state index in [1.807, 2.05) is 53.4 Å². The maximum atomic E-state index is 12.9. The lowest BCUT2D eigenvalue weighted by molar-refractivity contribution is -0.134. The van der Waals surface area contributed by atoms with E-state index < -0.39 is 0 Å². The van der Waals surface area contributed by atoms with Crippen LogP contribution in [-0.2, 0) is 16.1 Å². The first kappa shape index (κ1) is 33.5. The third kappa shape index (κ3) is 9.59. The van der Waals surface area contributed by atoms with Gasteiger partial charge >= 0.3 is 6.09 Å². The number of rotatable bonds is 12. The molecule has 2 aromatic heterocycles. The number of piperidine rings is 2. The molecule has 12 heteroatoms. The molecule has 12 nitrogen and oxygen atoms in total. The van der Waals surface area contributed by atoms with Crippen LogP contribution in [0.3, 0.4) is 0 Å². The van der Waals surface area contributed by atoms with Crippen LogP contribution in [0.25, 0.3) is 11.1 Å². The van der Waals surface area contributed by atoms with Crippen LogP contribution in [0.15, 0.2) is 85.5 Å². The van der Waals surface area contributed by atoms with Gasteiger partial charge in [-0.1, -0.05) is 30.3 Å². The van der Waals surface area contributed by atoms with Crippen molar-refractivity contribution in [3.63, 3.8) is 0 Å². The minimum Gasteiger partial charge on any atom is -0.504 e. The number of carbonyl (C=O) groups excluding carboxylic acids is 2. The molecule has 2 saturated heterocycles. The minimum absolute atomic E-state index is 0.0116. The smallest absolute Gasteiger partial charge is 0.410 e. The van der Waals surface area contributed by atoms with Gasteiger partial charge in [0.25, 0.3) is 5.91 Å². The van der Waals surface area contributed by atoms with Crippen LogP contribution in [0.1, 0.15) is 31.2 Å².